The van der Waals surface area contributed by atoms with E-state index in [-0.39, 0.29) is 6.04 Å². The minimum Gasteiger partial charge on any atom is -0.327 e. The smallest absolute Gasteiger partial charge is 0.0596 e. The Labute approximate surface area is 85.6 Å². The molecule has 14 heavy (non-hydrogen) atoms. The van der Waals surface area contributed by atoms with Crippen LogP contribution in [0.25, 0.3) is 0 Å². The molecule has 0 aliphatic carbocycles. The Balaban J connectivity index is 2.69. The first-order valence-corrected chi connectivity index (χ1v) is 5.07. The van der Waals surface area contributed by atoms with Crippen LogP contribution in [0, 0.1) is 6.92 Å². The molecule has 0 bridgehead atoms. The van der Waals surface area contributed by atoms with Gasteiger partial charge in [0.05, 0.1) is 5.69 Å². The van der Waals surface area contributed by atoms with E-state index in [2.05, 4.69) is 24.7 Å². The molecule has 1 rings (SSSR count). The first kappa shape index (κ1) is 11.0. The van der Waals surface area contributed by atoms with Crippen molar-refractivity contribution in [3.63, 3.8) is 0 Å². The third kappa shape index (κ3) is 2.70. The van der Waals surface area contributed by atoms with E-state index >= 15 is 0 Å². The number of aryl methyl sites for hydroxylation is 2. The van der Waals surface area contributed by atoms with Gasteiger partial charge in [-0.2, -0.15) is 5.10 Å². The molecule has 1 aromatic rings. The highest BCUT2D eigenvalue weighted by molar-refractivity contribution is 5.10. The van der Waals surface area contributed by atoms with Gasteiger partial charge in [-0.05, 0) is 26.3 Å². The molecule has 0 aliphatic rings. The number of hydrogen-bond donors (Lipinski definition) is 1. The number of hydrogen-bond acceptors (Lipinski definition) is 2. The molecule has 0 fully saturated rings. The van der Waals surface area contributed by atoms with Crippen LogP contribution in [-0.4, -0.2) is 15.8 Å². The lowest BCUT2D eigenvalue weighted by Crippen LogP contribution is -2.23. The zero-order valence-electron chi connectivity index (χ0n) is 9.03. The van der Waals surface area contributed by atoms with Crippen LogP contribution < -0.4 is 5.73 Å². The SMILES string of the molecule is C=CCC(N)Cc1cc(C)nn1CC. The van der Waals surface area contributed by atoms with Crippen molar-refractivity contribution in [2.24, 2.45) is 5.73 Å². The van der Waals surface area contributed by atoms with Crippen LogP contribution in [0.5, 0.6) is 0 Å². The van der Waals surface area contributed by atoms with Gasteiger partial charge in [-0.3, -0.25) is 4.68 Å². The van der Waals surface area contributed by atoms with E-state index in [1.165, 1.54) is 5.69 Å². The maximum absolute atomic E-state index is 5.94. The molecular weight excluding hydrogens is 174 g/mol. The number of nitrogens with zero attached hydrogens (tertiary/aromatic N) is 2. The number of rotatable bonds is 5. The minimum atomic E-state index is 0.161. The van der Waals surface area contributed by atoms with E-state index in [4.69, 9.17) is 5.73 Å². The molecule has 0 amide bonds. The fourth-order valence-electron chi connectivity index (χ4n) is 1.60. The van der Waals surface area contributed by atoms with E-state index in [0.29, 0.717) is 0 Å². The topological polar surface area (TPSA) is 43.8 Å². The molecular formula is C11H19N3. The fraction of sp³-hybridized carbons (Fsp3) is 0.545. The highest BCUT2D eigenvalue weighted by atomic mass is 15.3. The molecule has 0 aromatic carbocycles. The standard InChI is InChI=1S/C11H19N3/c1-4-6-10(12)8-11-7-9(3)13-14(11)5-2/h4,7,10H,1,5-6,8,12H2,2-3H3. The van der Waals surface area contributed by atoms with Gasteiger partial charge in [-0.15, -0.1) is 6.58 Å². The van der Waals surface area contributed by atoms with E-state index < -0.39 is 0 Å². The van der Waals surface area contributed by atoms with Gasteiger partial charge < -0.3 is 5.73 Å². The van der Waals surface area contributed by atoms with Gasteiger partial charge in [0.2, 0.25) is 0 Å². The van der Waals surface area contributed by atoms with Crippen LogP contribution in [0.3, 0.4) is 0 Å². The van der Waals surface area contributed by atoms with Gasteiger partial charge in [0.1, 0.15) is 0 Å². The molecule has 3 nitrogen and oxygen atoms in total. The summed E-state index contributed by atoms with van der Waals surface area (Å²) in [5.41, 5.74) is 8.22. The molecule has 0 aliphatic heterocycles. The molecule has 1 atom stereocenters. The van der Waals surface area contributed by atoms with Crippen molar-refractivity contribution in [1.82, 2.24) is 9.78 Å². The van der Waals surface area contributed by atoms with E-state index in [1.54, 1.807) is 0 Å². The van der Waals surface area contributed by atoms with E-state index in [9.17, 15) is 0 Å². The van der Waals surface area contributed by atoms with Crippen LogP contribution in [0.2, 0.25) is 0 Å². The Kier molecular flexibility index (Phi) is 3.89. The van der Waals surface area contributed by atoms with Crippen molar-refractivity contribution in [2.75, 3.05) is 0 Å². The zero-order valence-corrected chi connectivity index (χ0v) is 9.03. The predicted molar refractivity (Wildman–Crippen MR) is 59.1 cm³/mol. The molecule has 2 N–H and O–H groups in total. The summed E-state index contributed by atoms with van der Waals surface area (Å²) in [4.78, 5) is 0. The Morgan fingerprint density at radius 1 is 1.71 bits per heavy atom. The summed E-state index contributed by atoms with van der Waals surface area (Å²) in [5.74, 6) is 0. The van der Waals surface area contributed by atoms with E-state index in [1.807, 2.05) is 17.7 Å². The first-order chi connectivity index (χ1) is 6.67. The second-order valence-corrected chi connectivity index (χ2v) is 3.58. The van der Waals surface area contributed by atoms with E-state index in [0.717, 1.165) is 25.1 Å². The normalized spacial score (nSPS) is 12.8. The van der Waals surface area contributed by atoms with Crippen molar-refractivity contribution < 1.29 is 0 Å². The molecule has 0 saturated heterocycles. The van der Waals surface area contributed by atoms with Crippen molar-refractivity contribution in [2.45, 2.75) is 39.3 Å². The maximum Gasteiger partial charge on any atom is 0.0596 e. The van der Waals surface area contributed by atoms with Gasteiger partial charge in [-0.25, -0.2) is 0 Å². The Hall–Kier alpha value is -1.09. The third-order valence-electron chi connectivity index (χ3n) is 2.23. The monoisotopic (exact) mass is 193 g/mol. The van der Waals surface area contributed by atoms with Gasteiger partial charge in [-0.1, -0.05) is 6.08 Å². The lowest BCUT2D eigenvalue weighted by atomic mass is 10.1. The van der Waals surface area contributed by atoms with Crippen molar-refractivity contribution in [3.8, 4) is 0 Å². The summed E-state index contributed by atoms with van der Waals surface area (Å²) in [6.07, 6.45) is 3.60. The van der Waals surface area contributed by atoms with Crippen molar-refractivity contribution in [1.29, 1.82) is 0 Å². The van der Waals surface area contributed by atoms with Crippen LogP contribution in [0.4, 0.5) is 0 Å². The van der Waals surface area contributed by atoms with Gasteiger partial charge >= 0.3 is 0 Å². The van der Waals surface area contributed by atoms with Gasteiger partial charge in [0.25, 0.3) is 0 Å². The lowest BCUT2D eigenvalue weighted by Gasteiger charge is -2.09. The Morgan fingerprint density at radius 3 is 3.00 bits per heavy atom. The quantitative estimate of drug-likeness (QED) is 0.723. The largest absolute Gasteiger partial charge is 0.327 e. The second kappa shape index (κ2) is 4.96. The molecule has 0 saturated carbocycles. The third-order valence-corrected chi connectivity index (χ3v) is 2.23. The molecule has 78 valence electrons. The number of nitrogens with two attached hydrogens (primary N) is 1. The average molecular weight is 193 g/mol. The zero-order chi connectivity index (χ0) is 10.6. The van der Waals surface area contributed by atoms with Gasteiger partial charge in [0, 0.05) is 24.7 Å². The number of aromatic nitrogens is 2. The molecule has 0 radical (unpaired) electrons. The summed E-state index contributed by atoms with van der Waals surface area (Å²) < 4.78 is 2.01. The summed E-state index contributed by atoms with van der Waals surface area (Å²) in [6.45, 7) is 8.70. The van der Waals surface area contributed by atoms with Crippen LogP contribution in [0.1, 0.15) is 24.7 Å². The first-order valence-electron chi connectivity index (χ1n) is 5.07. The Morgan fingerprint density at radius 2 is 2.43 bits per heavy atom. The van der Waals surface area contributed by atoms with Crippen LogP contribution in [-0.2, 0) is 13.0 Å². The summed E-state index contributed by atoms with van der Waals surface area (Å²) in [6, 6.07) is 2.26. The summed E-state index contributed by atoms with van der Waals surface area (Å²) >= 11 is 0. The highest BCUT2D eigenvalue weighted by Crippen LogP contribution is 2.07. The fourth-order valence-corrected chi connectivity index (χ4v) is 1.60. The van der Waals surface area contributed by atoms with Gasteiger partial charge in [0.15, 0.2) is 0 Å². The van der Waals surface area contributed by atoms with Crippen molar-refractivity contribution >= 4 is 0 Å². The average Bonchev–Trinajstić information content (AvgIpc) is 2.46. The molecule has 3 heteroatoms. The van der Waals surface area contributed by atoms with Crippen molar-refractivity contribution in [3.05, 3.63) is 30.1 Å². The molecule has 1 heterocycles. The van der Waals surface area contributed by atoms with Crippen LogP contribution in [0.15, 0.2) is 18.7 Å². The summed E-state index contributed by atoms with van der Waals surface area (Å²) in [7, 11) is 0. The molecule has 0 spiro atoms. The second-order valence-electron chi connectivity index (χ2n) is 3.58. The highest BCUT2D eigenvalue weighted by Gasteiger charge is 2.07. The lowest BCUT2D eigenvalue weighted by molar-refractivity contribution is 0.578. The summed E-state index contributed by atoms with van der Waals surface area (Å²) in [5, 5.41) is 4.38. The van der Waals surface area contributed by atoms with Crippen LogP contribution >= 0.6 is 0 Å². The predicted octanol–water partition coefficient (Wildman–Crippen LogP) is 1.66. The minimum absolute atomic E-state index is 0.161. The molecule has 1 aromatic heterocycles. The Bertz CT molecular complexity index is 301. The maximum atomic E-state index is 5.94. The molecule has 1 unspecified atom stereocenters.